The van der Waals surface area contributed by atoms with Gasteiger partial charge in [-0.2, -0.15) is 0 Å². The van der Waals surface area contributed by atoms with Gasteiger partial charge in [-0.05, 0) is 17.2 Å². The molecule has 0 saturated carbocycles. The number of non-ortho nitro benzene ring substituents is 1. The van der Waals surface area contributed by atoms with Crippen molar-refractivity contribution in [1.29, 1.82) is 0 Å². The number of benzene rings is 2. The van der Waals surface area contributed by atoms with E-state index in [1.165, 1.54) is 12.1 Å². The Bertz CT molecular complexity index is 867. The molecule has 116 valence electrons. The lowest BCUT2D eigenvalue weighted by Gasteiger charge is -2.09. The number of rotatable bonds is 5. The van der Waals surface area contributed by atoms with Crippen LogP contribution in [0.5, 0.6) is 0 Å². The first-order chi connectivity index (χ1) is 11.2. The van der Waals surface area contributed by atoms with E-state index in [1.807, 2.05) is 24.3 Å². The molecule has 0 fully saturated rings. The summed E-state index contributed by atoms with van der Waals surface area (Å²) >= 11 is 0. The van der Waals surface area contributed by atoms with Gasteiger partial charge in [0.05, 0.1) is 17.0 Å². The highest BCUT2D eigenvalue weighted by molar-refractivity contribution is 5.81. The zero-order valence-corrected chi connectivity index (χ0v) is 12.1. The van der Waals surface area contributed by atoms with E-state index in [0.29, 0.717) is 23.4 Å². The normalized spacial score (nSPS) is 10.7. The van der Waals surface area contributed by atoms with Gasteiger partial charge in [-0.25, -0.2) is 9.97 Å². The monoisotopic (exact) mass is 310 g/mol. The molecule has 0 aliphatic rings. The smallest absolute Gasteiger partial charge is 0.270 e. The molecular weight excluding hydrogens is 296 g/mol. The van der Waals surface area contributed by atoms with Gasteiger partial charge in [0.2, 0.25) is 5.95 Å². The molecule has 2 N–H and O–H groups in total. The molecule has 0 spiro atoms. The van der Waals surface area contributed by atoms with Crippen LogP contribution in [0.15, 0.2) is 48.7 Å². The predicted molar refractivity (Wildman–Crippen MR) is 85.9 cm³/mol. The Balaban J connectivity index is 1.81. The summed E-state index contributed by atoms with van der Waals surface area (Å²) in [7, 11) is 0. The van der Waals surface area contributed by atoms with Crippen molar-refractivity contribution in [1.82, 2.24) is 9.97 Å². The summed E-state index contributed by atoms with van der Waals surface area (Å²) in [5.41, 5.74) is 2.45. The summed E-state index contributed by atoms with van der Waals surface area (Å²) < 4.78 is 0. The van der Waals surface area contributed by atoms with Crippen LogP contribution in [0, 0.1) is 10.1 Å². The van der Waals surface area contributed by atoms with E-state index in [2.05, 4.69) is 15.3 Å². The molecule has 0 aliphatic carbocycles. The van der Waals surface area contributed by atoms with Gasteiger partial charge in [-0.3, -0.25) is 10.1 Å². The van der Waals surface area contributed by atoms with Crippen molar-refractivity contribution in [3.63, 3.8) is 0 Å². The fraction of sp³-hybridized carbons (Fsp3) is 0.125. The molecule has 3 aromatic rings. The van der Waals surface area contributed by atoms with Gasteiger partial charge >= 0.3 is 0 Å². The van der Waals surface area contributed by atoms with Gasteiger partial charge in [0, 0.05) is 30.3 Å². The van der Waals surface area contributed by atoms with Crippen molar-refractivity contribution < 1.29 is 10.0 Å². The third-order valence-electron chi connectivity index (χ3n) is 3.50. The first-order valence-electron chi connectivity index (χ1n) is 7.00. The maximum atomic E-state index is 10.8. The molecule has 0 radical (unpaired) electrons. The molecule has 0 saturated heterocycles. The fourth-order valence-corrected chi connectivity index (χ4v) is 2.28. The minimum atomic E-state index is -0.447. The van der Waals surface area contributed by atoms with E-state index in [9.17, 15) is 15.2 Å². The van der Waals surface area contributed by atoms with Crippen molar-refractivity contribution in [3.8, 4) is 0 Å². The van der Waals surface area contributed by atoms with Crippen molar-refractivity contribution >= 4 is 22.5 Å². The zero-order chi connectivity index (χ0) is 16.2. The second-order valence-corrected chi connectivity index (χ2v) is 4.97. The average Bonchev–Trinajstić information content (AvgIpc) is 2.59. The maximum absolute atomic E-state index is 10.8. The summed E-state index contributed by atoms with van der Waals surface area (Å²) in [6.07, 6.45) is 1.55. The summed E-state index contributed by atoms with van der Waals surface area (Å²) in [6, 6.07) is 12.0. The lowest BCUT2D eigenvalue weighted by Crippen LogP contribution is -2.06. The quantitative estimate of drug-likeness (QED) is 0.555. The molecule has 0 atom stereocenters. The SMILES string of the molecule is O=[N+]([O-])c1ccc2nc(NCc3ccccc3CO)ncc2c1. The molecule has 0 amide bonds. The van der Waals surface area contributed by atoms with Gasteiger partial charge in [0.25, 0.3) is 5.69 Å². The Kier molecular flexibility index (Phi) is 4.11. The number of fused-ring (bicyclic) bond motifs is 1. The highest BCUT2D eigenvalue weighted by Crippen LogP contribution is 2.20. The number of aliphatic hydroxyl groups excluding tert-OH is 1. The fourth-order valence-electron chi connectivity index (χ4n) is 2.28. The summed E-state index contributed by atoms with van der Waals surface area (Å²) in [5, 5.41) is 23.8. The average molecular weight is 310 g/mol. The van der Waals surface area contributed by atoms with E-state index in [0.717, 1.165) is 11.1 Å². The molecule has 7 nitrogen and oxygen atoms in total. The van der Waals surface area contributed by atoms with Crippen molar-refractivity contribution in [2.75, 3.05) is 5.32 Å². The number of nitrogens with one attached hydrogen (secondary N) is 1. The van der Waals surface area contributed by atoms with E-state index in [-0.39, 0.29) is 12.3 Å². The van der Waals surface area contributed by atoms with Crippen LogP contribution in [-0.2, 0) is 13.2 Å². The van der Waals surface area contributed by atoms with Crippen molar-refractivity contribution in [3.05, 3.63) is 69.9 Å². The van der Waals surface area contributed by atoms with E-state index in [1.54, 1.807) is 12.3 Å². The summed E-state index contributed by atoms with van der Waals surface area (Å²) in [6.45, 7) is 0.454. The number of nitro groups is 1. The minimum Gasteiger partial charge on any atom is -0.392 e. The lowest BCUT2D eigenvalue weighted by molar-refractivity contribution is -0.384. The van der Waals surface area contributed by atoms with E-state index >= 15 is 0 Å². The van der Waals surface area contributed by atoms with Crippen molar-refractivity contribution in [2.45, 2.75) is 13.2 Å². The second-order valence-electron chi connectivity index (χ2n) is 4.97. The topological polar surface area (TPSA) is 101 Å². The minimum absolute atomic E-state index is 0.0127. The molecule has 7 heteroatoms. The van der Waals surface area contributed by atoms with Gasteiger partial charge in [0.1, 0.15) is 0 Å². The van der Waals surface area contributed by atoms with Crippen LogP contribution in [-0.4, -0.2) is 20.0 Å². The van der Waals surface area contributed by atoms with E-state index < -0.39 is 4.92 Å². The maximum Gasteiger partial charge on any atom is 0.270 e. The number of nitrogens with zero attached hydrogens (tertiary/aromatic N) is 3. The van der Waals surface area contributed by atoms with Crippen LogP contribution >= 0.6 is 0 Å². The molecule has 1 heterocycles. The highest BCUT2D eigenvalue weighted by Gasteiger charge is 2.08. The van der Waals surface area contributed by atoms with Crippen LogP contribution in [0.4, 0.5) is 11.6 Å². The Hall–Kier alpha value is -3.06. The first kappa shape index (κ1) is 14.9. The van der Waals surface area contributed by atoms with E-state index in [4.69, 9.17) is 0 Å². The van der Waals surface area contributed by atoms with Gasteiger partial charge < -0.3 is 10.4 Å². The molecular formula is C16H14N4O3. The van der Waals surface area contributed by atoms with Gasteiger partial charge in [-0.15, -0.1) is 0 Å². The standard InChI is InChI=1S/C16H14N4O3/c21-10-12-4-2-1-3-11(12)8-17-16-18-9-13-7-14(20(22)23)5-6-15(13)19-16/h1-7,9,21H,8,10H2,(H,17,18,19). The Morgan fingerprint density at radius 1 is 1.17 bits per heavy atom. The molecule has 0 bridgehead atoms. The van der Waals surface area contributed by atoms with Crippen LogP contribution in [0.3, 0.4) is 0 Å². The molecule has 2 aromatic carbocycles. The largest absolute Gasteiger partial charge is 0.392 e. The molecule has 0 unspecified atom stereocenters. The predicted octanol–water partition coefficient (Wildman–Crippen LogP) is 2.64. The van der Waals surface area contributed by atoms with Crippen LogP contribution < -0.4 is 5.32 Å². The summed E-state index contributed by atoms with van der Waals surface area (Å²) in [4.78, 5) is 18.8. The molecule has 1 aromatic heterocycles. The van der Waals surface area contributed by atoms with Crippen LogP contribution in [0.1, 0.15) is 11.1 Å². The van der Waals surface area contributed by atoms with Gasteiger partial charge in [0.15, 0.2) is 0 Å². The lowest BCUT2D eigenvalue weighted by atomic mass is 10.1. The molecule has 23 heavy (non-hydrogen) atoms. The Morgan fingerprint density at radius 3 is 2.70 bits per heavy atom. The third kappa shape index (κ3) is 3.24. The number of aromatic nitrogens is 2. The highest BCUT2D eigenvalue weighted by atomic mass is 16.6. The van der Waals surface area contributed by atoms with Gasteiger partial charge in [-0.1, -0.05) is 24.3 Å². The number of hydrogen-bond acceptors (Lipinski definition) is 6. The Labute approximate surface area is 131 Å². The molecule has 0 aliphatic heterocycles. The number of nitro benzene ring substituents is 1. The second kappa shape index (κ2) is 6.37. The first-order valence-corrected chi connectivity index (χ1v) is 7.00. The number of aliphatic hydroxyl groups is 1. The third-order valence-corrected chi connectivity index (χ3v) is 3.50. The number of hydrogen-bond donors (Lipinski definition) is 2. The number of anilines is 1. The van der Waals surface area contributed by atoms with Crippen LogP contribution in [0.25, 0.3) is 10.9 Å². The summed E-state index contributed by atoms with van der Waals surface area (Å²) in [5.74, 6) is 0.430. The Morgan fingerprint density at radius 2 is 1.96 bits per heavy atom. The molecule has 3 rings (SSSR count). The van der Waals surface area contributed by atoms with Crippen molar-refractivity contribution in [2.24, 2.45) is 0 Å². The van der Waals surface area contributed by atoms with Crippen LogP contribution in [0.2, 0.25) is 0 Å². The zero-order valence-electron chi connectivity index (χ0n) is 12.1.